The third-order valence-electron chi connectivity index (χ3n) is 5.10. The van der Waals surface area contributed by atoms with E-state index in [0.717, 1.165) is 42.7 Å². The number of hydrogen-bond donors (Lipinski definition) is 1. The highest BCUT2D eigenvalue weighted by molar-refractivity contribution is 5.46. The summed E-state index contributed by atoms with van der Waals surface area (Å²) in [4.78, 5) is 0. The Morgan fingerprint density at radius 1 is 1.12 bits per heavy atom. The minimum absolute atomic E-state index is 0.389. The van der Waals surface area contributed by atoms with E-state index >= 15 is 0 Å². The molecule has 0 spiro atoms. The predicted molar refractivity (Wildman–Crippen MR) is 97.3 cm³/mol. The van der Waals surface area contributed by atoms with Crippen LogP contribution >= 0.6 is 0 Å². The zero-order valence-electron chi connectivity index (χ0n) is 14.4. The van der Waals surface area contributed by atoms with Crippen molar-refractivity contribution in [1.82, 2.24) is 0 Å². The predicted octanol–water partition coefficient (Wildman–Crippen LogP) is 4.82. The lowest BCUT2D eigenvalue weighted by molar-refractivity contribution is 0.342. The number of anilines is 1. The van der Waals surface area contributed by atoms with E-state index in [1.807, 2.05) is 18.2 Å². The first kappa shape index (κ1) is 16.4. The van der Waals surface area contributed by atoms with Crippen molar-refractivity contribution in [3.8, 4) is 11.8 Å². The van der Waals surface area contributed by atoms with Gasteiger partial charge in [-0.2, -0.15) is 5.26 Å². The van der Waals surface area contributed by atoms with Gasteiger partial charge in [-0.15, -0.1) is 0 Å². The maximum Gasteiger partial charge on any atom is 0.119 e. The Balaban J connectivity index is 1.69. The summed E-state index contributed by atoms with van der Waals surface area (Å²) in [7, 11) is 1.67. The lowest BCUT2D eigenvalue weighted by Gasteiger charge is -2.36. The molecule has 0 amide bonds. The summed E-state index contributed by atoms with van der Waals surface area (Å²) in [5.74, 6) is 0.821. The number of rotatable bonds is 4. The van der Waals surface area contributed by atoms with Gasteiger partial charge in [-0.05, 0) is 62.4 Å². The van der Waals surface area contributed by atoms with Crippen LogP contribution in [0.25, 0.3) is 0 Å². The van der Waals surface area contributed by atoms with E-state index in [1.165, 1.54) is 5.56 Å². The lowest BCUT2D eigenvalue weighted by Crippen LogP contribution is -2.35. The van der Waals surface area contributed by atoms with Gasteiger partial charge in [0.1, 0.15) is 5.75 Å². The van der Waals surface area contributed by atoms with Gasteiger partial charge in [-0.25, -0.2) is 0 Å². The van der Waals surface area contributed by atoms with Crippen LogP contribution in [-0.2, 0) is 5.41 Å². The van der Waals surface area contributed by atoms with Crippen LogP contribution in [0.3, 0.4) is 0 Å². The van der Waals surface area contributed by atoms with Crippen LogP contribution in [-0.4, -0.2) is 13.2 Å². The van der Waals surface area contributed by atoms with Gasteiger partial charge in [0, 0.05) is 11.7 Å². The minimum Gasteiger partial charge on any atom is -0.497 e. The Morgan fingerprint density at radius 2 is 1.83 bits per heavy atom. The molecule has 24 heavy (non-hydrogen) atoms. The topological polar surface area (TPSA) is 45.0 Å². The molecule has 2 aromatic rings. The highest BCUT2D eigenvalue weighted by Gasteiger charge is 2.37. The summed E-state index contributed by atoms with van der Waals surface area (Å²) in [6, 6.07) is 19.5. The first-order valence-corrected chi connectivity index (χ1v) is 8.54. The number of hydrogen-bond acceptors (Lipinski definition) is 3. The molecule has 2 aromatic carbocycles. The summed E-state index contributed by atoms with van der Waals surface area (Å²) < 4.78 is 5.32. The Labute approximate surface area is 144 Å². The van der Waals surface area contributed by atoms with Crippen LogP contribution in [0.1, 0.15) is 36.8 Å². The van der Waals surface area contributed by atoms with Crippen molar-refractivity contribution in [2.24, 2.45) is 0 Å². The molecular formula is C21H24N2O. The van der Waals surface area contributed by atoms with E-state index in [9.17, 15) is 5.26 Å². The van der Waals surface area contributed by atoms with Gasteiger partial charge in [-0.3, -0.25) is 0 Å². The SMILES string of the molecule is COc1cccc(C2(C#N)CCC(Nc3ccc(C)cc3)CC2)c1. The fourth-order valence-corrected chi connectivity index (χ4v) is 3.53. The maximum atomic E-state index is 9.85. The number of nitriles is 1. The Morgan fingerprint density at radius 3 is 2.46 bits per heavy atom. The van der Waals surface area contributed by atoms with Gasteiger partial charge in [0.25, 0.3) is 0 Å². The molecule has 1 N–H and O–H groups in total. The van der Waals surface area contributed by atoms with Crippen molar-refractivity contribution in [2.75, 3.05) is 12.4 Å². The molecule has 0 bridgehead atoms. The molecule has 0 saturated heterocycles. The number of nitrogens with one attached hydrogen (secondary N) is 1. The Hall–Kier alpha value is -2.47. The number of ether oxygens (including phenoxy) is 1. The second-order valence-electron chi connectivity index (χ2n) is 6.71. The number of benzene rings is 2. The summed E-state index contributed by atoms with van der Waals surface area (Å²) in [5.41, 5.74) is 3.13. The third kappa shape index (κ3) is 3.38. The van der Waals surface area contributed by atoms with Crippen LogP contribution in [0.2, 0.25) is 0 Å². The zero-order chi connectivity index (χ0) is 17.0. The van der Waals surface area contributed by atoms with E-state index in [-0.39, 0.29) is 5.41 Å². The molecule has 0 radical (unpaired) electrons. The normalized spacial score (nSPS) is 23.3. The molecular weight excluding hydrogens is 296 g/mol. The van der Waals surface area contributed by atoms with Crippen molar-refractivity contribution in [3.05, 3.63) is 59.7 Å². The van der Waals surface area contributed by atoms with Gasteiger partial charge < -0.3 is 10.1 Å². The molecule has 0 aliphatic heterocycles. The molecule has 1 saturated carbocycles. The number of methoxy groups -OCH3 is 1. The summed E-state index contributed by atoms with van der Waals surface area (Å²) in [6.07, 6.45) is 3.75. The second-order valence-corrected chi connectivity index (χ2v) is 6.71. The van der Waals surface area contributed by atoms with Crippen LogP contribution in [0, 0.1) is 18.3 Å². The fraction of sp³-hybridized carbons (Fsp3) is 0.381. The van der Waals surface area contributed by atoms with Crippen LogP contribution in [0.4, 0.5) is 5.69 Å². The van der Waals surface area contributed by atoms with Crippen molar-refractivity contribution in [2.45, 2.75) is 44.1 Å². The molecule has 3 rings (SSSR count). The van der Waals surface area contributed by atoms with Gasteiger partial charge in [0.2, 0.25) is 0 Å². The van der Waals surface area contributed by atoms with Crippen LogP contribution in [0.5, 0.6) is 5.75 Å². The van der Waals surface area contributed by atoms with Crippen molar-refractivity contribution < 1.29 is 4.74 Å². The van der Waals surface area contributed by atoms with Gasteiger partial charge >= 0.3 is 0 Å². The molecule has 1 aliphatic rings. The molecule has 0 atom stereocenters. The van der Waals surface area contributed by atoms with Crippen LogP contribution < -0.4 is 10.1 Å². The lowest BCUT2D eigenvalue weighted by atomic mass is 9.69. The molecule has 0 aromatic heterocycles. The summed E-state index contributed by atoms with van der Waals surface area (Å²) in [5, 5.41) is 13.5. The Kier molecular flexibility index (Phi) is 4.76. The quantitative estimate of drug-likeness (QED) is 0.878. The average molecular weight is 320 g/mol. The smallest absolute Gasteiger partial charge is 0.119 e. The van der Waals surface area contributed by atoms with E-state index in [0.29, 0.717) is 6.04 Å². The van der Waals surface area contributed by atoms with E-state index < -0.39 is 0 Å². The Bertz CT molecular complexity index is 722. The van der Waals surface area contributed by atoms with Gasteiger partial charge in [-0.1, -0.05) is 29.8 Å². The highest BCUT2D eigenvalue weighted by Crippen LogP contribution is 2.40. The monoisotopic (exact) mass is 320 g/mol. The average Bonchev–Trinajstić information content (AvgIpc) is 2.64. The van der Waals surface area contributed by atoms with E-state index in [2.05, 4.69) is 48.6 Å². The van der Waals surface area contributed by atoms with Crippen molar-refractivity contribution in [3.63, 3.8) is 0 Å². The van der Waals surface area contributed by atoms with E-state index in [4.69, 9.17) is 4.74 Å². The van der Waals surface area contributed by atoms with Crippen LogP contribution in [0.15, 0.2) is 48.5 Å². The largest absolute Gasteiger partial charge is 0.497 e. The first-order valence-electron chi connectivity index (χ1n) is 8.54. The van der Waals surface area contributed by atoms with Gasteiger partial charge in [0.15, 0.2) is 0 Å². The molecule has 124 valence electrons. The molecule has 1 aliphatic carbocycles. The fourth-order valence-electron chi connectivity index (χ4n) is 3.53. The van der Waals surface area contributed by atoms with E-state index in [1.54, 1.807) is 7.11 Å². The summed E-state index contributed by atoms with van der Waals surface area (Å²) in [6.45, 7) is 2.10. The zero-order valence-corrected chi connectivity index (χ0v) is 14.4. The maximum absolute atomic E-state index is 9.85. The summed E-state index contributed by atoms with van der Waals surface area (Å²) >= 11 is 0. The van der Waals surface area contributed by atoms with Crippen molar-refractivity contribution >= 4 is 5.69 Å². The molecule has 0 unspecified atom stereocenters. The highest BCUT2D eigenvalue weighted by atomic mass is 16.5. The first-order chi connectivity index (χ1) is 11.6. The van der Waals surface area contributed by atoms with Gasteiger partial charge in [0.05, 0.1) is 18.6 Å². The second kappa shape index (κ2) is 6.97. The van der Waals surface area contributed by atoms with Crippen molar-refractivity contribution in [1.29, 1.82) is 5.26 Å². The molecule has 3 nitrogen and oxygen atoms in total. The minimum atomic E-state index is -0.389. The molecule has 1 fully saturated rings. The molecule has 0 heterocycles. The number of aryl methyl sites for hydroxylation is 1. The molecule has 3 heteroatoms. The number of nitrogens with zero attached hydrogens (tertiary/aromatic N) is 1. The standard InChI is InChI=1S/C21H24N2O/c1-16-6-8-18(9-7-16)23-19-10-12-21(15-22,13-11-19)17-4-3-5-20(14-17)24-2/h3-9,14,19,23H,10-13H2,1-2H3. The third-order valence-corrected chi connectivity index (χ3v) is 5.10.